The van der Waals surface area contributed by atoms with E-state index in [1.165, 1.54) is 0 Å². The van der Waals surface area contributed by atoms with Crippen LogP contribution in [-0.2, 0) is 14.6 Å². The molecule has 22 heavy (non-hydrogen) atoms. The number of ether oxygens (including phenoxy) is 1. The van der Waals surface area contributed by atoms with E-state index in [4.69, 9.17) is 4.74 Å². The SMILES string of the molecule is CCN(c1nccc(NCCCOC)n1)C1CCS(=O)(=O)C1. The summed E-state index contributed by atoms with van der Waals surface area (Å²) >= 11 is 0. The van der Waals surface area contributed by atoms with Gasteiger partial charge in [-0.1, -0.05) is 0 Å². The number of nitrogens with zero attached hydrogens (tertiary/aromatic N) is 3. The van der Waals surface area contributed by atoms with E-state index < -0.39 is 9.84 Å². The van der Waals surface area contributed by atoms with Crippen LogP contribution in [-0.4, -0.2) is 62.7 Å². The van der Waals surface area contributed by atoms with E-state index in [1.807, 2.05) is 17.9 Å². The Hall–Kier alpha value is -1.41. The van der Waals surface area contributed by atoms with Gasteiger partial charge in [0.2, 0.25) is 5.95 Å². The quantitative estimate of drug-likeness (QED) is 0.711. The van der Waals surface area contributed by atoms with Gasteiger partial charge in [-0.15, -0.1) is 0 Å². The van der Waals surface area contributed by atoms with Crippen LogP contribution in [0, 0.1) is 0 Å². The molecule has 1 N–H and O–H groups in total. The lowest BCUT2D eigenvalue weighted by Crippen LogP contribution is -2.37. The summed E-state index contributed by atoms with van der Waals surface area (Å²) in [5, 5.41) is 3.23. The molecule has 0 aliphatic carbocycles. The van der Waals surface area contributed by atoms with Crippen LogP contribution < -0.4 is 10.2 Å². The van der Waals surface area contributed by atoms with Gasteiger partial charge < -0.3 is 15.0 Å². The topological polar surface area (TPSA) is 84.4 Å². The van der Waals surface area contributed by atoms with Gasteiger partial charge in [0.1, 0.15) is 5.82 Å². The molecule has 0 radical (unpaired) electrons. The molecule has 8 heteroatoms. The Bertz CT molecular complexity index is 579. The summed E-state index contributed by atoms with van der Waals surface area (Å²) in [6.45, 7) is 4.15. The molecular weight excluding hydrogens is 304 g/mol. The van der Waals surface area contributed by atoms with Crippen molar-refractivity contribution in [1.29, 1.82) is 0 Å². The third kappa shape index (κ3) is 4.54. The van der Waals surface area contributed by atoms with E-state index in [-0.39, 0.29) is 17.5 Å². The Morgan fingerprint density at radius 1 is 1.50 bits per heavy atom. The Balaban J connectivity index is 2.03. The average Bonchev–Trinajstić information content (AvgIpc) is 2.85. The molecule has 2 rings (SSSR count). The highest BCUT2D eigenvalue weighted by atomic mass is 32.2. The van der Waals surface area contributed by atoms with Crippen LogP contribution in [0.25, 0.3) is 0 Å². The fraction of sp³-hybridized carbons (Fsp3) is 0.714. The molecule has 1 aliphatic heterocycles. The first-order chi connectivity index (χ1) is 10.6. The summed E-state index contributed by atoms with van der Waals surface area (Å²) in [7, 11) is -1.24. The Morgan fingerprint density at radius 3 is 2.95 bits per heavy atom. The molecule has 7 nitrogen and oxygen atoms in total. The predicted octanol–water partition coefficient (Wildman–Crippen LogP) is 0.938. The molecule has 0 bridgehead atoms. The van der Waals surface area contributed by atoms with Crippen molar-refractivity contribution in [2.24, 2.45) is 0 Å². The number of hydrogen-bond acceptors (Lipinski definition) is 7. The molecule has 1 unspecified atom stereocenters. The zero-order valence-corrected chi connectivity index (χ0v) is 14.0. The number of sulfone groups is 1. The van der Waals surface area contributed by atoms with Crippen molar-refractivity contribution in [2.45, 2.75) is 25.8 Å². The molecule has 1 aromatic rings. The number of methoxy groups -OCH3 is 1. The monoisotopic (exact) mass is 328 g/mol. The molecular formula is C14H24N4O3S. The number of aromatic nitrogens is 2. The molecule has 1 fully saturated rings. The Labute approximate surface area is 132 Å². The van der Waals surface area contributed by atoms with E-state index >= 15 is 0 Å². The van der Waals surface area contributed by atoms with E-state index in [0.29, 0.717) is 25.5 Å². The Kier molecular flexibility index (Phi) is 5.96. The maximum absolute atomic E-state index is 11.7. The summed E-state index contributed by atoms with van der Waals surface area (Å²) in [6.07, 6.45) is 3.24. The molecule has 0 spiro atoms. The van der Waals surface area contributed by atoms with Crippen LogP contribution in [0.15, 0.2) is 12.3 Å². The van der Waals surface area contributed by atoms with Crippen molar-refractivity contribution < 1.29 is 13.2 Å². The molecule has 0 aromatic carbocycles. The highest BCUT2D eigenvalue weighted by Gasteiger charge is 2.32. The first-order valence-electron chi connectivity index (χ1n) is 7.58. The maximum Gasteiger partial charge on any atom is 0.227 e. The van der Waals surface area contributed by atoms with Crippen molar-refractivity contribution in [3.63, 3.8) is 0 Å². The molecule has 1 aromatic heterocycles. The zero-order valence-electron chi connectivity index (χ0n) is 13.2. The molecule has 1 aliphatic rings. The highest BCUT2D eigenvalue weighted by Crippen LogP contribution is 2.22. The zero-order chi connectivity index (χ0) is 16.0. The van der Waals surface area contributed by atoms with Crippen molar-refractivity contribution in [3.8, 4) is 0 Å². The van der Waals surface area contributed by atoms with Gasteiger partial charge >= 0.3 is 0 Å². The highest BCUT2D eigenvalue weighted by molar-refractivity contribution is 7.91. The summed E-state index contributed by atoms with van der Waals surface area (Å²) < 4.78 is 28.3. The van der Waals surface area contributed by atoms with Crippen LogP contribution in [0.1, 0.15) is 19.8 Å². The molecule has 2 heterocycles. The van der Waals surface area contributed by atoms with E-state index in [1.54, 1.807) is 13.3 Å². The number of nitrogens with one attached hydrogen (secondary N) is 1. The van der Waals surface area contributed by atoms with Crippen LogP contribution in [0.4, 0.5) is 11.8 Å². The number of rotatable bonds is 8. The van der Waals surface area contributed by atoms with Crippen molar-refractivity contribution in [3.05, 3.63) is 12.3 Å². The minimum atomic E-state index is -2.92. The van der Waals surface area contributed by atoms with Crippen molar-refractivity contribution in [1.82, 2.24) is 9.97 Å². The fourth-order valence-corrected chi connectivity index (χ4v) is 4.33. The summed E-state index contributed by atoms with van der Waals surface area (Å²) in [5.74, 6) is 1.78. The van der Waals surface area contributed by atoms with Crippen molar-refractivity contribution in [2.75, 3.05) is 48.5 Å². The lowest BCUT2D eigenvalue weighted by molar-refractivity contribution is 0.198. The fourth-order valence-electron chi connectivity index (χ4n) is 2.60. The van der Waals surface area contributed by atoms with E-state index in [9.17, 15) is 8.42 Å². The van der Waals surface area contributed by atoms with Gasteiger partial charge in [-0.3, -0.25) is 0 Å². The standard InChI is InChI=1S/C14H24N4O3S/c1-3-18(12-6-10-22(19,20)11-12)14-16-8-5-13(17-14)15-7-4-9-21-2/h5,8,12H,3-4,6-7,9-11H2,1-2H3,(H,15,16,17). The van der Waals surface area contributed by atoms with Gasteiger partial charge in [0, 0.05) is 39.0 Å². The van der Waals surface area contributed by atoms with Gasteiger partial charge in [0.15, 0.2) is 9.84 Å². The van der Waals surface area contributed by atoms with E-state index in [0.717, 1.165) is 18.8 Å². The predicted molar refractivity (Wildman–Crippen MR) is 87.1 cm³/mol. The molecule has 0 saturated carbocycles. The minimum Gasteiger partial charge on any atom is -0.385 e. The van der Waals surface area contributed by atoms with E-state index in [2.05, 4.69) is 15.3 Å². The second-order valence-electron chi connectivity index (χ2n) is 5.36. The lowest BCUT2D eigenvalue weighted by atomic mass is 10.2. The van der Waals surface area contributed by atoms with Crippen molar-refractivity contribution >= 4 is 21.6 Å². The minimum absolute atomic E-state index is 0.0289. The number of hydrogen-bond donors (Lipinski definition) is 1. The number of anilines is 2. The second-order valence-corrected chi connectivity index (χ2v) is 7.59. The summed E-state index contributed by atoms with van der Waals surface area (Å²) in [6, 6.07) is 1.79. The molecule has 1 saturated heterocycles. The normalized spacial score (nSPS) is 20.0. The average molecular weight is 328 g/mol. The van der Waals surface area contributed by atoms with Crippen LogP contribution >= 0.6 is 0 Å². The molecule has 124 valence electrons. The maximum atomic E-state index is 11.7. The Morgan fingerprint density at radius 2 is 2.32 bits per heavy atom. The second kappa shape index (κ2) is 7.73. The van der Waals surface area contributed by atoms with Crippen LogP contribution in [0.5, 0.6) is 0 Å². The summed E-state index contributed by atoms with van der Waals surface area (Å²) in [5.41, 5.74) is 0. The van der Waals surface area contributed by atoms with Gasteiger partial charge in [0.05, 0.1) is 11.5 Å². The van der Waals surface area contributed by atoms with Gasteiger partial charge in [-0.25, -0.2) is 13.4 Å². The van der Waals surface area contributed by atoms with Gasteiger partial charge in [-0.05, 0) is 25.8 Å². The third-order valence-corrected chi connectivity index (χ3v) is 5.47. The van der Waals surface area contributed by atoms with Crippen LogP contribution in [0.3, 0.4) is 0 Å². The molecule has 0 amide bonds. The van der Waals surface area contributed by atoms with Gasteiger partial charge in [0.25, 0.3) is 0 Å². The first kappa shape index (κ1) is 17.0. The lowest BCUT2D eigenvalue weighted by Gasteiger charge is -2.26. The summed E-state index contributed by atoms with van der Waals surface area (Å²) in [4.78, 5) is 10.8. The first-order valence-corrected chi connectivity index (χ1v) is 9.41. The van der Waals surface area contributed by atoms with Gasteiger partial charge in [-0.2, -0.15) is 4.98 Å². The molecule has 1 atom stereocenters. The van der Waals surface area contributed by atoms with Crippen LogP contribution in [0.2, 0.25) is 0 Å². The third-order valence-electron chi connectivity index (χ3n) is 3.72. The largest absolute Gasteiger partial charge is 0.385 e. The smallest absolute Gasteiger partial charge is 0.227 e.